The summed E-state index contributed by atoms with van der Waals surface area (Å²) in [6.45, 7) is 4.04. The van der Waals surface area contributed by atoms with Crippen LogP contribution >= 0.6 is 12.2 Å². The van der Waals surface area contributed by atoms with Crippen molar-refractivity contribution < 1.29 is 13.2 Å². The van der Waals surface area contributed by atoms with E-state index in [2.05, 4.69) is 39.7 Å². The molecule has 2 heterocycles. The largest absolute Gasteiger partial charge is 0.433 e. The van der Waals surface area contributed by atoms with Gasteiger partial charge in [0, 0.05) is 25.7 Å². The molecule has 5 nitrogen and oxygen atoms in total. The number of hydrogen-bond donors (Lipinski definition) is 2. The van der Waals surface area contributed by atoms with E-state index in [1.807, 2.05) is 23.1 Å². The van der Waals surface area contributed by atoms with Crippen LogP contribution in [0.4, 0.5) is 24.9 Å². The zero-order valence-corrected chi connectivity index (χ0v) is 17.7. The van der Waals surface area contributed by atoms with Gasteiger partial charge in [0.25, 0.3) is 0 Å². The third-order valence-corrected chi connectivity index (χ3v) is 5.23. The predicted octanol–water partition coefficient (Wildman–Crippen LogP) is 4.65. The number of aryl methyl sites for hydroxylation is 1. The summed E-state index contributed by atoms with van der Waals surface area (Å²) in [4.78, 5) is 9.81. The van der Waals surface area contributed by atoms with Crippen LogP contribution in [0.25, 0.3) is 0 Å². The maximum absolute atomic E-state index is 13.4. The lowest BCUT2D eigenvalue weighted by molar-refractivity contribution is -0.141. The van der Waals surface area contributed by atoms with E-state index in [0.717, 1.165) is 31.7 Å². The molecule has 3 rings (SSSR count). The van der Waals surface area contributed by atoms with E-state index in [0.29, 0.717) is 25.6 Å². The van der Waals surface area contributed by atoms with Crippen LogP contribution in [-0.4, -0.2) is 34.7 Å². The fourth-order valence-corrected chi connectivity index (χ4v) is 3.67. The number of alkyl halides is 3. The molecule has 1 aromatic carbocycles. The first-order valence-corrected chi connectivity index (χ1v) is 10.5. The minimum Gasteiger partial charge on any atom is -0.362 e. The van der Waals surface area contributed by atoms with Crippen molar-refractivity contribution in [2.45, 2.75) is 38.8 Å². The molecule has 0 bridgehead atoms. The third-order valence-electron chi connectivity index (χ3n) is 4.98. The monoisotopic (exact) mass is 437 g/mol. The normalized spacial score (nSPS) is 16.9. The SMILES string of the molecule is CC1CCCN(c2cc(C(F)(F)F)nc(NC(=S)NCCCc3ccccc3)n2)C1. The van der Waals surface area contributed by atoms with Gasteiger partial charge in [-0.2, -0.15) is 18.2 Å². The van der Waals surface area contributed by atoms with Crippen LogP contribution in [0.15, 0.2) is 36.4 Å². The number of nitrogens with zero attached hydrogens (tertiary/aromatic N) is 3. The lowest BCUT2D eigenvalue weighted by Crippen LogP contribution is -2.36. The molecule has 2 N–H and O–H groups in total. The molecule has 1 unspecified atom stereocenters. The first-order chi connectivity index (χ1) is 14.3. The molecule has 0 amide bonds. The Bertz CT molecular complexity index is 844. The lowest BCUT2D eigenvalue weighted by Gasteiger charge is -2.32. The molecule has 162 valence electrons. The predicted molar refractivity (Wildman–Crippen MR) is 117 cm³/mol. The summed E-state index contributed by atoms with van der Waals surface area (Å²) < 4.78 is 40.1. The van der Waals surface area contributed by atoms with Crippen molar-refractivity contribution in [1.29, 1.82) is 0 Å². The zero-order valence-electron chi connectivity index (χ0n) is 16.9. The van der Waals surface area contributed by atoms with Gasteiger partial charge in [-0.05, 0) is 49.4 Å². The van der Waals surface area contributed by atoms with Crippen molar-refractivity contribution in [1.82, 2.24) is 15.3 Å². The van der Waals surface area contributed by atoms with E-state index in [1.165, 1.54) is 5.56 Å². The van der Waals surface area contributed by atoms with Gasteiger partial charge >= 0.3 is 6.18 Å². The first kappa shape index (κ1) is 22.3. The number of anilines is 2. The fourth-order valence-electron chi connectivity index (χ4n) is 3.48. The highest BCUT2D eigenvalue weighted by molar-refractivity contribution is 7.80. The third kappa shape index (κ3) is 6.55. The second-order valence-corrected chi connectivity index (χ2v) is 8.00. The molecule has 1 aliphatic rings. The van der Waals surface area contributed by atoms with Gasteiger partial charge in [-0.15, -0.1) is 0 Å². The molecule has 1 atom stereocenters. The number of thiocarbonyl (C=S) groups is 1. The van der Waals surface area contributed by atoms with E-state index in [-0.39, 0.29) is 16.9 Å². The van der Waals surface area contributed by atoms with Crippen LogP contribution in [0.5, 0.6) is 0 Å². The second-order valence-electron chi connectivity index (χ2n) is 7.60. The number of rotatable bonds is 6. The van der Waals surface area contributed by atoms with Gasteiger partial charge in [0.2, 0.25) is 5.95 Å². The average molecular weight is 438 g/mol. The molecule has 9 heteroatoms. The van der Waals surface area contributed by atoms with Crippen LogP contribution in [0.3, 0.4) is 0 Å². The summed E-state index contributed by atoms with van der Waals surface area (Å²) >= 11 is 5.22. The van der Waals surface area contributed by atoms with Gasteiger partial charge < -0.3 is 15.5 Å². The summed E-state index contributed by atoms with van der Waals surface area (Å²) in [6, 6.07) is 11.1. The number of hydrogen-bond acceptors (Lipinski definition) is 4. The average Bonchev–Trinajstić information content (AvgIpc) is 2.71. The van der Waals surface area contributed by atoms with Gasteiger partial charge in [-0.25, -0.2) is 4.98 Å². The molecule has 1 fully saturated rings. The standard InChI is InChI=1S/C21H26F3N5S/c1-15-7-6-12-29(14-15)18-13-17(21(22,23)24)26-19(27-18)28-20(30)25-11-5-10-16-8-3-2-4-9-16/h2-4,8-9,13,15H,5-7,10-12,14H2,1H3,(H2,25,26,27,28,30). The Labute approximate surface area is 180 Å². The molecule has 1 aromatic heterocycles. The van der Waals surface area contributed by atoms with Gasteiger partial charge in [0.05, 0.1) is 0 Å². The van der Waals surface area contributed by atoms with Crippen LogP contribution in [0, 0.1) is 5.92 Å². The molecule has 1 saturated heterocycles. The summed E-state index contributed by atoms with van der Waals surface area (Å²) in [5.41, 5.74) is 0.250. The zero-order chi connectivity index (χ0) is 21.6. The lowest BCUT2D eigenvalue weighted by atomic mass is 10.0. The van der Waals surface area contributed by atoms with Gasteiger partial charge in [-0.1, -0.05) is 37.3 Å². The number of nitrogens with one attached hydrogen (secondary N) is 2. The van der Waals surface area contributed by atoms with Crippen LogP contribution in [-0.2, 0) is 12.6 Å². The Morgan fingerprint density at radius 2 is 2.00 bits per heavy atom. The topological polar surface area (TPSA) is 53.1 Å². The van der Waals surface area contributed by atoms with Crippen molar-refractivity contribution in [3.05, 3.63) is 47.7 Å². The van der Waals surface area contributed by atoms with Crippen molar-refractivity contribution in [3.8, 4) is 0 Å². The maximum Gasteiger partial charge on any atom is 0.433 e. The van der Waals surface area contributed by atoms with Crippen LogP contribution < -0.4 is 15.5 Å². The molecule has 30 heavy (non-hydrogen) atoms. The summed E-state index contributed by atoms with van der Waals surface area (Å²) in [5, 5.41) is 5.94. The second kappa shape index (κ2) is 10.1. The molecule has 1 aliphatic heterocycles. The molecule has 0 radical (unpaired) electrons. The number of halogens is 3. The fraction of sp³-hybridized carbons (Fsp3) is 0.476. The summed E-state index contributed by atoms with van der Waals surface area (Å²) in [6.07, 6.45) is -0.841. The Hall–Kier alpha value is -2.42. The maximum atomic E-state index is 13.4. The Morgan fingerprint density at radius 3 is 2.70 bits per heavy atom. The van der Waals surface area contributed by atoms with Crippen LogP contribution in [0.2, 0.25) is 0 Å². The van der Waals surface area contributed by atoms with Crippen LogP contribution in [0.1, 0.15) is 37.4 Å². The Kier molecular flexibility index (Phi) is 7.47. The Morgan fingerprint density at radius 1 is 1.23 bits per heavy atom. The van der Waals surface area contributed by atoms with Crippen molar-refractivity contribution in [2.24, 2.45) is 5.92 Å². The van der Waals surface area contributed by atoms with Gasteiger partial charge in [0.15, 0.2) is 10.8 Å². The number of aromatic nitrogens is 2. The van der Waals surface area contributed by atoms with Gasteiger partial charge in [-0.3, -0.25) is 0 Å². The molecular formula is C21H26F3N5S. The van der Waals surface area contributed by atoms with Crippen molar-refractivity contribution in [3.63, 3.8) is 0 Å². The summed E-state index contributed by atoms with van der Waals surface area (Å²) in [5.74, 6) is 0.545. The minimum atomic E-state index is -4.56. The number of benzene rings is 1. The van der Waals surface area contributed by atoms with E-state index in [1.54, 1.807) is 0 Å². The van der Waals surface area contributed by atoms with Crippen molar-refractivity contribution >= 4 is 29.1 Å². The smallest absolute Gasteiger partial charge is 0.362 e. The van der Waals surface area contributed by atoms with E-state index < -0.39 is 11.9 Å². The quantitative estimate of drug-likeness (QED) is 0.507. The Balaban J connectivity index is 1.62. The highest BCUT2D eigenvalue weighted by Gasteiger charge is 2.34. The first-order valence-electron chi connectivity index (χ1n) is 10.1. The molecule has 0 aliphatic carbocycles. The molecule has 0 saturated carbocycles. The number of piperidine rings is 1. The minimum absolute atomic E-state index is 0.140. The molecule has 2 aromatic rings. The molecule has 0 spiro atoms. The van der Waals surface area contributed by atoms with Crippen molar-refractivity contribution in [2.75, 3.05) is 29.9 Å². The van der Waals surface area contributed by atoms with E-state index >= 15 is 0 Å². The highest BCUT2D eigenvalue weighted by atomic mass is 32.1. The molecular weight excluding hydrogens is 411 g/mol. The summed E-state index contributed by atoms with van der Waals surface area (Å²) in [7, 11) is 0. The van der Waals surface area contributed by atoms with E-state index in [4.69, 9.17) is 12.2 Å². The van der Waals surface area contributed by atoms with Gasteiger partial charge in [0.1, 0.15) is 5.82 Å². The van der Waals surface area contributed by atoms with E-state index in [9.17, 15) is 13.2 Å². The highest BCUT2D eigenvalue weighted by Crippen LogP contribution is 2.31.